The minimum atomic E-state index is -0.761. The van der Waals surface area contributed by atoms with E-state index in [1.54, 1.807) is 7.11 Å². The van der Waals surface area contributed by atoms with E-state index in [2.05, 4.69) is 20.8 Å². The van der Waals surface area contributed by atoms with E-state index in [1.807, 2.05) is 25.1 Å². The van der Waals surface area contributed by atoms with Gasteiger partial charge in [0.15, 0.2) is 0 Å². The van der Waals surface area contributed by atoms with E-state index in [0.717, 1.165) is 16.9 Å². The fourth-order valence-electron chi connectivity index (χ4n) is 2.22. The van der Waals surface area contributed by atoms with Gasteiger partial charge < -0.3 is 9.84 Å². The number of aliphatic carboxylic acids is 1. The molecule has 1 aromatic carbocycles. The van der Waals surface area contributed by atoms with Crippen molar-refractivity contribution in [1.29, 1.82) is 0 Å². The smallest absolute Gasteiger partial charge is 0.303 e. The Balaban J connectivity index is 3.13. The molecule has 0 radical (unpaired) electrons. The molecule has 3 nitrogen and oxygen atoms in total. The molecule has 0 fully saturated rings. The molecule has 3 heteroatoms. The molecule has 1 aromatic rings. The second kappa shape index (κ2) is 5.42. The lowest BCUT2D eigenvalue weighted by Gasteiger charge is -2.30. The molecule has 0 saturated heterocycles. The maximum atomic E-state index is 11.0. The molecule has 1 unspecified atom stereocenters. The van der Waals surface area contributed by atoms with Gasteiger partial charge in [0.25, 0.3) is 0 Å². The predicted molar refractivity (Wildman–Crippen MR) is 72.2 cm³/mol. The summed E-state index contributed by atoms with van der Waals surface area (Å²) in [7, 11) is 1.64. The third kappa shape index (κ3) is 3.49. The number of carbonyl (C=O) groups is 1. The van der Waals surface area contributed by atoms with Crippen molar-refractivity contribution in [2.24, 2.45) is 5.41 Å². The fourth-order valence-corrected chi connectivity index (χ4v) is 2.22. The summed E-state index contributed by atoms with van der Waals surface area (Å²) in [6.07, 6.45) is 0.148. The van der Waals surface area contributed by atoms with E-state index in [0.29, 0.717) is 0 Å². The van der Waals surface area contributed by atoms with Crippen molar-refractivity contribution in [3.63, 3.8) is 0 Å². The maximum absolute atomic E-state index is 11.0. The van der Waals surface area contributed by atoms with Gasteiger partial charge in [-0.05, 0) is 35.4 Å². The number of benzene rings is 1. The molecule has 0 aliphatic heterocycles. The SMILES string of the molecule is COc1ccc(C(CC(=O)O)C(C)(C)C)cc1C. The summed E-state index contributed by atoms with van der Waals surface area (Å²) in [4.78, 5) is 11.0. The second-order valence-electron chi connectivity index (χ2n) is 5.75. The number of carboxylic acid groups (broad SMARTS) is 1. The topological polar surface area (TPSA) is 46.5 Å². The normalized spacial score (nSPS) is 13.2. The average Bonchev–Trinajstić information content (AvgIpc) is 2.24. The van der Waals surface area contributed by atoms with Crippen LogP contribution in [-0.4, -0.2) is 18.2 Å². The van der Waals surface area contributed by atoms with Crippen LogP contribution in [0.4, 0.5) is 0 Å². The molecule has 0 heterocycles. The quantitative estimate of drug-likeness (QED) is 0.888. The Morgan fingerprint density at radius 3 is 2.39 bits per heavy atom. The highest BCUT2D eigenvalue weighted by Crippen LogP contribution is 2.38. The Hall–Kier alpha value is -1.51. The van der Waals surface area contributed by atoms with Gasteiger partial charge in [-0.25, -0.2) is 0 Å². The summed E-state index contributed by atoms with van der Waals surface area (Å²) in [5, 5.41) is 9.05. The Morgan fingerprint density at radius 2 is 2.00 bits per heavy atom. The molecule has 100 valence electrons. The van der Waals surface area contributed by atoms with Crippen LogP contribution in [0.3, 0.4) is 0 Å². The van der Waals surface area contributed by atoms with E-state index in [4.69, 9.17) is 9.84 Å². The molecule has 1 rings (SSSR count). The van der Waals surface area contributed by atoms with Gasteiger partial charge in [0.1, 0.15) is 5.75 Å². The maximum Gasteiger partial charge on any atom is 0.303 e. The highest BCUT2D eigenvalue weighted by atomic mass is 16.5. The zero-order valence-electron chi connectivity index (χ0n) is 11.8. The van der Waals surface area contributed by atoms with Crippen molar-refractivity contribution in [2.45, 2.75) is 40.0 Å². The number of hydrogen-bond donors (Lipinski definition) is 1. The number of carboxylic acids is 1. The second-order valence-corrected chi connectivity index (χ2v) is 5.75. The largest absolute Gasteiger partial charge is 0.496 e. The highest BCUT2D eigenvalue weighted by molar-refractivity contribution is 5.68. The van der Waals surface area contributed by atoms with Gasteiger partial charge in [-0.1, -0.05) is 32.9 Å². The number of rotatable bonds is 4. The van der Waals surface area contributed by atoms with Crippen LogP contribution in [0.15, 0.2) is 18.2 Å². The van der Waals surface area contributed by atoms with Crippen LogP contribution in [0.25, 0.3) is 0 Å². The molecule has 0 amide bonds. The fraction of sp³-hybridized carbons (Fsp3) is 0.533. The van der Waals surface area contributed by atoms with Crippen molar-refractivity contribution >= 4 is 5.97 Å². The Labute approximate surface area is 109 Å². The van der Waals surface area contributed by atoms with Crippen LogP contribution in [0, 0.1) is 12.3 Å². The van der Waals surface area contributed by atoms with Gasteiger partial charge in [0.2, 0.25) is 0 Å². The highest BCUT2D eigenvalue weighted by Gasteiger charge is 2.28. The van der Waals surface area contributed by atoms with Crippen molar-refractivity contribution in [2.75, 3.05) is 7.11 Å². The molecule has 0 aromatic heterocycles. The lowest BCUT2D eigenvalue weighted by Crippen LogP contribution is -2.21. The number of aryl methyl sites for hydroxylation is 1. The lowest BCUT2D eigenvalue weighted by molar-refractivity contribution is -0.138. The van der Waals surface area contributed by atoms with Crippen LogP contribution in [-0.2, 0) is 4.79 Å². The van der Waals surface area contributed by atoms with Crippen molar-refractivity contribution in [1.82, 2.24) is 0 Å². The van der Waals surface area contributed by atoms with Gasteiger partial charge in [-0.15, -0.1) is 0 Å². The van der Waals surface area contributed by atoms with Gasteiger partial charge in [-0.3, -0.25) is 4.79 Å². The summed E-state index contributed by atoms with van der Waals surface area (Å²) >= 11 is 0. The lowest BCUT2D eigenvalue weighted by atomic mass is 9.74. The first-order chi connectivity index (χ1) is 8.25. The van der Waals surface area contributed by atoms with Crippen LogP contribution in [0.2, 0.25) is 0 Å². The van der Waals surface area contributed by atoms with Gasteiger partial charge >= 0.3 is 5.97 Å². The summed E-state index contributed by atoms with van der Waals surface area (Å²) in [5.74, 6) is 0.0738. The first-order valence-electron chi connectivity index (χ1n) is 6.12. The third-order valence-electron chi connectivity index (χ3n) is 3.25. The molecule has 0 bridgehead atoms. The van der Waals surface area contributed by atoms with Gasteiger partial charge in [0, 0.05) is 0 Å². The zero-order valence-corrected chi connectivity index (χ0v) is 11.8. The summed E-state index contributed by atoms with van der Waals surface area (Å²) < 4.78 is 5.23. The zero-order chi connectivity index (χ0) is 13.9. The minimum Gasteiger partial charge on any atom is -0.496 e. The minimum absolute atomic E-state index is 0.000365. The molecule has 0 spiro atoms. The van der Waals surface area contributed by atoms with Gasteiger partial charge in [-0.2, -0.15) is 0 Å². The predicted octanol–water partition coefficient (Wildman–Crippen LogP) is 3.61. The summed E-state index contributed by atoms with van der Waals surface area (Å²) in [6, 6.07) is 5.90. The van der Waals surface area contributed by atoms with Crippen LogP contribution in [0.5, 0.6) is 5.75 Å². The van der Waals surface area contributed by atoms with E-state index in [1.165, 1.54) is 0 Å². The summed E-state index contributed by atoms with van der Waals surface area (Å²) in [5.41, 5.74) is 2.01. The Morgan fingerprint density at radius 1 is 1.39 bits per heavy atom. The molecule has 0 aliphatic carbocycles. The Bertz CT molecular complexity index is 430. The Kier molecular flexibility index (Phi) is 4.38. The molecule has 0 saturated carbocycles. The number of hydrogen-bond acceptors (Lipinski definition) is 2. The molecule has 18 heavy (non-hydrogen) atoms. The monoisotopic (exact) mass is 250 g/mol. The third-order valence-corrected chi connectivity index (χ3v) is 3.25. The molecular weight excluding hydrogens is 228 g/mol. The number of methoxy groups -OCH3 is 1. The first-order valence-corrected chi connectivity index (χ1v) is 6.12. The van der Waals surface area contributed by atoms with Crippen molar-refractivity contribution in [3.8, 4) is 5.75 Å². The standard InChI is InChI=1S/C15H22O3/c1-10-8-11(6-7-13(10)18-5)12(9-14(16)17)15(2,3)4/h6-8,12H,9H2,1-5H3,(H,16,17). The van der Waals surface area contributed by atoms with E-state index in [9.17, 15) is 4.79 Å². The van der Waals surface area contributed by atoms with Gasteiger partial charge in [0.05, 0.1) is 13.5 Å². The number of ether oxygens (including phenoxy) is 1. The molecule has 1 atom stereocenters. The molecule has 0 aliphatic rings. The van der Waals surface area contributed by atoms with E-state index < -0.39 is 5.97 Å². The molecule has 1 N–H and O–H groups in total. The van der Waals surface area contributed by atoms with Crippen molar-refractivity contribution in [3.05, 3.63) is 29.3 Å². The average molecular weight is 250 g/mol. The van der Waals surface area contributed by atoms with E-state index >= 15 is 0 Å². The first kappa shape index (κ1) is 14.6. The van der Waals surface area contributed by atoms with Crippen molar-refractivity contribution < 1.29 is 14.6 Å². The van der Waals surface area contributed by atoms with Crippen LogP contribution >= 0.6 is 0 Å². The van der Waals surface area contributed by atoms with E-state index in [-0.39, 0.29) is 17.8 Å². The molecular formula is C15H22O3. The van der Waals surface area contributed by atoms with Crippen LogP contribution in [0.1, 0.15) is 44.2 Å². The van der Waals surface area contributed by atoms with Crippen LogP contribution < -0.4 is 4.74 Å². The summed E-state index contributed by atoms with van der Waals surface area (Å²) in [6.45, 7) is 8.18.